The van der Waals surface area contributed by atoms with Crippen molar-refractivity contribution in [3.8, 4) is 5.75 Å². The molecule has 6 rings (SSSR count). The van der Waals surface area contributed by atoms with E-state index in [0.29, 0.717) is 9.78 Å². The maximum atomic E-state index is 14.0. The number of aromatic amines is 1. The van der Waals surface area contributed by atoms with Crippen molar-refractivity contribution in [2.24, 2.45) is 5.92 Å². The van der Waals surface area contributed by atoms with E-state index in [1.54, 1.807) is 12.1 Å². The molecule has 9 nitrogen and oxygen atoms in total. The molecule has 0 unspecified atom stereocenters. The Morgan fingerprint density at radius 3 is 2.40 bits per heavy atom. The van der Waals surface area contributed by atoms with Crippen molar-refractivity contribution < 1.29 is 32.4 Å². The number of non-ortho nitro benzene ring substituents is 1. The van der Waals surface area contributed by atoms with Gasteiger partial charge >= 0.3 is 11.0 Å². The average Bonchev–Trinajstić information content (AvgIpc) is 3.45. The number of benzene rings is 3. The molecule has 3 aromatic carbocycles. The summed E-state index contributed by atoms with van der Waals surface area (Å²) in [6.45, 7) is 0.0649. The van der Waals surface area contributed by atoms with E-state index in [1.807, 2.05) is 18.2 Å². The minimum atomic E-state index is -4.85. The summed E-state index contributed by atoms with van der Waals surface area (Å²) in [4.78, 5) is 54.3. The lowest BCUT2D eigenvalue weighted by molar-refractivity contribution is -0.385. The van der Waals surface area contributed by atoms with Gasteiger partial charge in [0.1, 0.15) is 17.6 Å². The van der Waals surface area contributed by atoms with Gasteiger partial charge in [0.15, 0.2) is 0 Å². The summed E-state index contributed by atoms with van der Waals surface area (Å²) in [5.74, 6) is -4.00. The number of nitrogens with one attached hydrogen (secondary N) is 1. The number of imide groups is 1. The number of alkyl halides is 3. The summed E-state index contributed by atoms with van der Waals surface area (Å²) in [5, 5.41) is 10.8. The second-order valence-corrected chi connectivity index (χ2v) is 11.7. The highest BCUT2D eigenvalue weighted by Gasteiger charge is 2.58. The molecule has 1 saturated heterocycles. The molecular formula is C28H18F3N3O6S2. The maximum absolute atomic E-state index is 14.0. The lowest BCUT2D eigenvalue weighted by atomic mass is 9.82. The van der Waals surface area contributed by atoms with Crippen LogP contribution in [-0.2, 0) is 22.4 Å². The molecule has 2 aliphatic rings. The molecular weight excluding hydrogens is 595 g/mol. The molecule has 3 atom stereocenters. The first kappa shape index (κ1) is 27.7. The zero-order chi connectivity index (χ0) is 29.8. The van der Waals surface area contributed by atoms with Crippen LogP contribution in [0.4, 0.5) is 24.5 Å². The zero-order valence-electron chi connectivity index (χ0n) is 21.2. The molecule has 0 aliphatic carbocycles. The summed E-state index contributed by atoms with van der Waals surface area (Å²) < 4.78 is 47.8. The number of carbonyl (C=O) groups is 2. The maximum Gasteiger partial charge on any atom is 0.418 e. The molecule has 14 heteroatoms. The van der Waals surface area contributed by atoms with Crippen LogP contribution in [0.25, 0.3) is 0 Å². The number of halogens is 3. The lowest BCUT2D eigenvalue weighted by Crippen LogP contribution is -2.33. The Balaban J connectivity index is 1.50. The highest BCUT2D eigenvalue weighted by atomic mass is 32.2. The number of aromatic nitrogens is 1. The largest absolute Gasteiger partial charge is 0.489 e. The van der Waals surface area contributed by atoms with Crippen molar-refractivity contribution in [1.82, 2.24) is 4.98 Å². The van der Waals surface area contributed by atoms with Gasteiger partial charge in [0, 0.05) is 28.5 Å². The number of rotatable bonds is 6. The van der Waals surface area contributed by atoms with E-state index in [9.17, 15) is 37.7 Å². The Labute approximate surface area is 243 Å². The van der Waals surface area contributed by atoms with E-state index in [1.165, 1.54) is 24.3 Å². The quantitative estimate of drug-likeness (QED) is 0.167. The van der Waals surface area contributed by atoms with Gasteiger partial charge in [-0.05, 0) is 23.8 Å². The Hall–Kier alpha value is -4.43. The number of nitro benzene ring substituents is 1. The van der Waals surface area contributed by atoms with Crippen LogP contribution in [0, 0.1) is 16.0 Å². The molecule has 2 amide bonds. The molecule has 0 radical (unpaired) electrons. The summed E-state index contributed by atoms with van der Waals surface area (Å²) in [6.07, 6.45) is -4.85. The van der Waals surface area contributed by atoms with Gasteiger partial charge < -0.3 is 9.72 Å². The van der Waals surface area contributed by atoms with Crippen molar-refractivity contribution in [2.45, 2.75) is 29.0 Å². The number of fused-ring (bicyclic) bond motifs is 2. The van der Waals surface area contributed by atoms with Crippen molar-refractivity contribution >= 4 is 46.3 Å². The van der Waals surface area contributed by atoms with E-state index in [2.05, 4.69) is 4.98 Å². The van der Waals surface area contributed by atoms with Gasteiger partial charge in [-0.25, -0.2) is 4.90 Å². The van der Waals surface area contributed by atoms with Crippen LogP contribution in [0.5, 0.6) is 5.75 Å². The number of nitro groups is 1. The molecule has 1 fully saturated rings. The third-order valence-electron chi connectivity index (χ3n) is 7.05. The molecule has 0 bridgehead atoms. The van der Waals surface area contributed by atoms with E-state index in [0.717, 1.165) is 46.9 Å². The van der Waals surface area contributed by atoms with Crippen molar-refractivity contribution in [3.05, 3.63) is 114 Å². The van der Waals surface area contributed by atoms with E-state index < -0.39 is 56.1 Å². The minimum Gasteiger partial charge on any atom is -0.489 e. The Kier molecular flexibility index (Phi) is 6.89. The number of nitrogens with zero attached hydrogens (tertiary/aromatic N) is 2. The van der Waals surface area contributed by atoms with E-state index in [-0.39, 0.29) is 28.6 Å². The van der Waals surface area contributed by atoms with Gasteiger partial charge in [-0.1, -0.05) is 65.6 Å². The van der Waals surface area contributed by atoms with Crippen LogP contribution in [0.2, 0.25) is 0 Å². The second-order valence-electron chi connectivity index (χ2n) is 9.53. The highest BCUT2D eigenvalue weighted by molar-refractivity contribution is 8.00. The topological polar surface area (TPSA) is 123 Å². The fraction of sp³-hybridized carbons (Fsp3) is 0.179. The minimum absolute atomic E-state index is 0.0649. The average molecular weight is 614 g/mol. The monoisotopic (exact) mass is 613 g/mol. The summed E-state index contributed by atoms with van der Waals surface area (Å²) in [5.41, 5.74) is -1.14. The van der Waals surface area contributed by atoms with Crippen LogP contribution >= 0.6 is 23.1 Å². The Morgan fingerprint density at radius 1 is 0.976 bits per heavy atom. The smallest absolute Gasteiger partial charge is 0.418 e. The normalized spacial score (nSPS) is 19.9. The molecule has 0 spiro atoms. The molecule has 2 aliphatic heterocycles. The third kappa shape index (κ3) is 4.75. The number of amides is 2. The molecule has 214 valence electrons. The molecule has 42 heavy (non-hydrogen) atoms. The fourth-order valence-electron chi connectivity index (χ4n) is 5.26. The first-order valence-corrected chi connectivity index (χ1v) is 14.1. The third-order valence-corrected chi connectivity index (χ3v) is 9.45. The van der Waals surface area contributed by atoms with Gasteiger partial charge in [0.2, 0.25) is 11.8 Å². The summed E-state index contributed by atoms with van der Waals surface area (Å²) in [7, 11) is 0. The number of hydrogen-bond acceptors (Lipinski definition) is 8. The van der Waals surface area contributed by atoms with Gasteiger partial charge in [0.05, 0.1) is 27.1 Å². The van der Waals surface area contributed by atoms with Crippen molar-refractivity contribution in [2.75, 3.05) is 4.90 Å². The number of anilines is 1. The van der Waals surface area contributed by atoms with Gasteiger partial charge in [-0.2, -0.15) is 13.2 Å². The van der Waals surface area contributed by atoms with Crippen LogP contribution in [0.1, 0.15) is 27.5 Å². The second kappa shape index (κ2) is 10.4. The number of carbonyl (C=O) groups excluding carboxylic acids is 2. The lowest BCUT2D eigenvalue weighted by Gasteiger charge is -2.30. The van der Waals surface area contributed by atoms with E-state index in [4.69, 9.17) is 4.74 Å². The predicted octanol–water partition coefficient (Wildman–Crippen LogP) is 5.74. The number of para-hydroxylation sites is 1. The van der Waals surface area contributed by atoms with Crippen molar-refractivity contribution in [1.29, 1.82) is 0 Å². The predicted molar refractivity (Wildman–Crippen MR) is 148 cm³/mol. The fourth-order valence-corrected chi connectivity index (χ4v) is 7.76. The SMILES string of the molecule is O=C1[C@H]2[C@H](c3cc([N+](=O)[O-])ccc3OCc3ccccc3)c3sc(=O)[nH]c3S[C@H]2C(=O)N1c1ccccc1C(F)(F)F. The van der Waals surface area contributed by atoms with Crippen LogP contribution in [0.15, 0.2) is 82.6 Å². The van der Waals surface area contributed by atoms with Crippen LogP contribution < -0.4 is 14.5 Å². The summed E-state index contributed by atoms with van der Waals surface area (Å²) in [6, 6.07) is 17.2. The van der Waals surface area contributed by atoms with Crippen molar-refractivity contribution in [3.63, 3.8) is 0 Å². The number of thiazole rings is 1. The number of ether oxygens (including phenoxy) is 1. The van der Waals surface area contributed by atoms with Gasteiger partial charge in [-0.15, -0.1) is 0 Å². The van der Waals surface area contributed by atoms with E-state index >= 15 is 0 Å². The molecule has 1 aromatic heterocycles. The zero-order valence-corrected chi connectivity index (χ0v) is 22.8. The molecule has 4 aromatic rings. The first-order valence-electron chi connectivity index (χ1n) is 12.4. The number of thioether (sulfide) groups is 1. The molecule has 3 heterocycles. The van der Waals surface area contributed by atoms with Gasteiger partial charge in [0.25, 0.3) is 5.69 Å². The Bertz CT molecular complexity index is 1790. The van der Waals surface area contributed by atoms with Crippen LogP contribution in [0.3, 0.4) is 0 Å². The Morgan fingerprint density at radius 2 is 1.69 bits per heavy atom. The highest BCUT2D eigenvalue weighted by Crippen LogP contribution is 2.55. The standard InChI is InChI=1S/C28H18F3N3O6S2/c29-28(30,31)17-8-4-5-9-18(17)33-25(35)21-20(22-24(32-27(37)42-22)41-23(21)26(33)36)16-12-15(34(38)39)10-11-19(16)40-13-14-6-2-1-3-7-14/h1-12,20-21,23H,13H2,(H,32,37)/t20-,21-,23+/m0/s1. The number of H-pyrrole nitrogens is 1. The molecule has 1 N–H and O–H groups in total. The van der Waals surface area contributed by atoms with Gasteiger partial charge in [-0.3, -0.25) is 24.5 Å². The summed E-state index contributed by atoms with van der Waals surface area (Å²) >= 11 is 1.65. The number of hydrogen-bond donors (Lipinski definition) is 1. The van der Waals surface area contributed by atoms with Crippen LogP contribution in [-0.4, -0.2) is 27.0 Å². The molecule has 0 saturated carbocycles. The first-order chi connectivity index (χ1) is 20.0.